The highest BCUT2D eigenvalue weighted by Gasteiger charge is 2.24. The Morgan fingerprint density at radius 3 is 2.87 bits per heavy atom. The lowest BCUT2D eigenvalue weighted by atomic mass is 9.99. The predicted molar refractivity (Wildman–Crippen MR) is 55.9 cm³/mol. The van der Waals surface area contributed by atoms with Gasteiger partial charge in [-0.05, 0) is 18.8 Å². The predicted octanol–water partition coefficient (Wildman–Crippen LogP) is 1.77. The Bertz CT molecular complexity index is 318. The first kappa shape index (κ1) is 10.5. The summed E-state index contributed by atoms with van der Waals surface area (Å²) in [4.78, 5) is 13.6. The highest BCUT2D eigenvalue weighted by atomic mass is 35.5. The summed E-state index contributed by atoms with van der Waals surface area (Å²) in [6.07, 6.45) is 3.37. The standard InChI is InChI=1S/C10H13ClN2O2/c11-7-8-1-4-13(5-2-8)10(14)9-3-6-15-12-9/h3,6,8H,1-2,4-5,7H2. The van der Waals surface area contributed by atoms with Gasteiger partial charge in [-0.2, -0.15) is 0 Å². The molecular formula is C10H13ClN2O2. The molecule has 5 heteroatoms. The van der Waals surface area contributed by atoms with Crippen molar-refractivity contribution in [1.82, 2.24) is 10.1 Å². The maximum Gasteiger partial charge on any atom is 0.276 e. The van der Waals surface area contributed by atoms with Crippen molar-refractivity contribution in [3.63, 3.8) is 0 Å². The van der Waals surface area contributed by atoms with Crippen LogP contribution in [0.2, 0.25) is 0 Å². The zero-order chi connectivity index (χ0) is 10.7. The SMILES string of the molecule is O=C(c1ccon1)N1CCC(CCl)CC1. The van der Waals surface area contributed by atoms with Crippen LogP contribution in [0.25, 0.3) is 0 Å². The Kier molecular flexibility index (Phi) is 3.26. The number of piperidine rings is 1. The molecule has 15 heavy (non-hydrogen) atoms. The summed E-state index contributed by atoms with van der Waals surface area (Å²) in [5.41, 5.74) is 0.388. The molecule has 0 aromatic carbocycles. The average Bonchev–Trinajstić information content (AvgIpc) is 2.82. The third-order valence-corrected chi connectivity index (χ3v) is 3.21. The number of carbonyl (C=O) groups is 1. The molecule has 1 aromatic heterocycles. The van der Waals surface area contributed by atoms with E-state index < -0.39 is 0 Å². The largest absolute Gasteiger partial charge is 0.364 e. The summed E-state index contributed by atoms with van der Waals surface area (Å²) in [5.74, 6) is 1.19. The molecule has 1 aliphatic heterocycles. The Hall–Kier alpha value is -1.03. The van der Waals surface area contributed by atoms with Crippen molar-refractivity contribution in [2.24, 2.45) is 5.92 Å². The summed E-state index contributed by atoms with van der Waals surface area (Å²) < 4.78 is 4.65. The van der Waals surface area contributed by atoms with Crippen molar-refractivity contribution in [2.75, 3.05) is 19.0 Å². The summed E-state index contributed by atoms with van der Waals surface area (Å²) in [6.45, 7) is 1.53. The molecule has 2 heterocycles. The van der Waals surface area contributed by atoms with Crippen molar-refractivity contribution in [2.45, 2.75) is 12.8 Å². The van der Waals surface area contributed by atoms with E-state index in [4.69, 9.17) is 11.6 Å². The zero-order valence-electron chi connectivity index (χ0n) is 8.36. The van der Waals surface area contributed by atoms with Gasteiger partial charge in [0.25, 0.3) is 5.91 Å². The second kappa shape index (κ2) is 4.66. The molecule has 0 atom stereocenters. The molecule has 0 spiro atoms. The maximum absolute atomic E-state index is 11.8. The van der Waals surface area contributed by atoms with Crippen LogP contribution in [0.3, 0.4) is 0 Å². The number of aromatic nitrogens is 1. The van der Waals surface area contributed by atoms with Crippen LogP contribution < -0.4 is 0 Å². The van der Waals surface area contributed by atoms with Crippen LogP contribution in [0.15, 0.2) is 16.9 Å². The normalized spacial score (nSPS) is 18.1. The number of halogens is 1. The molecular weight excluding hydrogens is 216 g/mol. The number of likely N-dealkylation sites (tertiary alicyclic amines) is 1. The van der Waals surface area contributed by atoms with E-state index in [0.717, 1.165) is 25.9 Å². The fourth-order valence-electron chi connectivity index (χ4n) is 1.78. The number of rotatable bonds is 2. The molecule has 82 valence electrons. The van der Waals surface area contributed by atoms with Crippen LogP contribution in [0.5, 0.6) is 0 Å². The van der Waals surface area contributed by atoms with Gasteiger partial charge in [-0.15, -0.1) is 11.6 Å². The monoisotopic (exact) mass is 228 g/mol. The lowest BCUT2D eigenvalue weighted by Crippen LogP contribution is -2.38. The van der Waals surface area contributed by atoms with E-state index >= 15 is 0 Å². The minimum absolute atomic E-state index is 0.0447. The van der Waals surface area contributed by atoms with Crippen molar-refractivity contribution < 1.29 is 9.32 Å². The fourth-order valence-corrected chi connectivity index (χ4v) is 2.08. The van der Waals surface area contributed by atoms with Crippen molar-refractivity contribution in [1.29, 1.82) is 0 Å². The Morgan fingerprint density at radius 1 is 1.60 bits per heavy atom. The van der Waals surface area contributed by atoms with E-state index in [2.05, 4.69) is 9.68 Å². The van der Waals surface area contributed by atoms with Crippen LogP contribution >= 0.6 is 11.6 Å². The Balaban J connectivity index is 1.93. The van der Waals surface area contributed by atoms with Crippen LogP contribution in [0, 0.1) is 5.92 Å². The molecule has 0 radical (unpaired) electrons. The van der Waals surface area contributed by atoms with Gasteiger partial charge in [0.15, 0.2) is 5.69 Å². The quantitative estimate of drug-likeness (QED) is 0.725. The summed E-state index contributed by atoms with van der Waals surface area (Å²) in [5, 5.41) is 3.64. The number of hydrogen-bond acceptors (Lipinski definition) is 3. The van der Waals surface area contributed by atoms with Crippen molar-refractivity contribution in [3.05, 3.63) is 18.0 Å². The second-order valence-electron chi connectivity index (χ2n) is 3.77. The average molecular weight is 229 g/mol. The summed E-state index contributed by atoms with van der Waals surface area (Å²) in [7, 11) is 0. The highest BCUT2D eigenvalue weighted by Crippen LogP contribution is 2.19. The number of alkyl halides is 1. The molecule has 2 rings (SSSR count). The minimum atomic E-state index is -0.0447. The van der Waals surface area contributed by atoms with Gasteiger partial charge < -0.3 is 9.42 Å². The first-order valence-electron chi connectivity index (χ1n) is 5.07. The van der Waals surface area contributed by atoms with Gasteiger partial charge in [0.05, 0.1) is 0 Å². The third kappa shape index (κ3) is 2.31. The molecule has 4 nitrogen and oxygen atoms in total. The molecule has 1 aliphatic rings. The highest BCUT2D eigenvalue weighted by molar-refractivity contribution is 6.18. The van der Waals surface area contributed by atoms with E-state index in [1.165, 1.54) is 6.26 Å². The second-order valence-corrected chi connectivity index (χ2v) is 4.08. The zero-order valence-corrected chi connectivity index (χ0v) is 9.11. The fraction of sp³-hybridized carbons (Fsp3) is 0.600. The van der Waals surface area contributed by atoms with Gasteiger partial charge in [0, 0.05) is 25.0 Å². The minimum Gasteiger partial charge on any atom is -0.364 e. The first-order valence-corrected chi connectivity index (χ1v) is 5.60. The maximum atomic E-state index is 11.8. The number of nitrogens with zero attached hydrogens (tertiary/aromatic N) is 2. The lowest BCUT2D eigenvalue weighted by Gasteiger charge is -2.30. The number of hydrogen-bond donors (Lipinski definition) is 0. The van der Waals surface area contributed by atoms with Crippen LogP contribution in [0.4, 0.5) is 0 Å². The van der Waals surface area contributed by atoms with Gasteiger partial charge in [-0.1, -0.05) is 5.16 Å². The molecule has 1 saturated heterocycles. The van der Waals surface area contributed by atoms with Gasteiger partial charge in [-0.3, -0.25) is 4.79 Å². The van der Waals surface area contributed by atoms with Gasteiger partial charge in [0.2, 0.25) is 0 Å². The van der Waals surface area contributed by atoms with E-state index in [-0.39, 0.29) is 5.91 Å². The van der Waals surface area contributed by atoms with Crippen LogP contribution in [0.1, 0.15) is 23.3 Å². The van der Waals surface area contributed by atoms with Crippen LogP contribution in [-0.4, -0.2) is 34.9 Å². The van der Waals surface area contributed by atoms with E-state index in [9.17, 15) is 4.79 Å². The molecule has 0 aliphatic carbocycles. The van der Waals surface area contributed by atoms with Crippen molar-refractivity contribution in [3.8, 4) is 0 Å². The van der Waals surface area contributed by atoms with Gasteiger partial charge in [-0.25, -0.2) is 0 Å². The summed E-state index contributed by atoms with van der Waals surface area (Å²) in [6, 6.07) is 1.59. The van der Waals surface area contributed by atoms with Gasteiger partial charge >= 0.3 is 0 Å². The molecule has 0 bridgehead atoms. The molecule has 1 aromatic rings. The Morgan fingerprint density at radius 2 is 2.33 bits per heavy atom. The van der Waals surface area contributed by atoms with E-state index in [1.807, 2.05) is 0 Å². The topological polar surface area (TPSA) is 46.3 Å². The molecule has 1 amide bonds. The molecule has 0 unspecified atom stereocenters. The Labute approximate surface area is 93.2 Å². The smallest absolute Gasteiger partial charge is 0.276 e. The molecule has 0 N–H and O–H groups in total. The number of amides is 1. The lowest BCUT2D eigenvalue weighted by molar-refractivity contribution is 0.0688. The van der Waals surface area contributed by atoms with Gasteiger partial charge in [0.1, 0.15) is 6.26 Å². The molecule has 0 saturated carbocycles. The van der Waals surface area contributed by atoms with Crippen molar-refractivity contribution >= 4 is 17.5 Å². The number of carbonyl (C=O) groups excluding carboxylic acids is 1. The van der Waals surface area contributed by atoms with E-state index in [1.54, 1.807) is 11.0 Å². The third-order valence-electron chi connectivity index (χ3n) is 2.78. The summed E-state index contributed by atoms with van der Waals surface area (Å²) >= 11 is 5.78. The van der Waals surface area contributed by atoms with Crippen LogP contribution in [-0.2, 0) is 0 Å². The molecule has 1 fully saturated rings. The first-order chi connectivity index (χ1) is 7.31. The van der Waals surface area contributed by atoms with E-state index in [0.29, 0.717) is 17.5 Å².